The Morgan fingerprint density at radius 2 is 1.67 bits per heavy atom. The van der Waals surface area contributed by atoms with Crippen LogP contribution in [0.25, 0.3) is 0 Å². The number of hydrogen-bond acceptors (Lipinski definition) is 0. The molecular formula is C20H25Cl. The summed E-state index contributed by atoms with van der Waals surface area (Å²) < 4.78 is 0. The predicted molar refractivity (Wildman–Crippen MR) is 93.5 cm³/mol. The van der Waals surface area contributed by atoms with E-state index in [1.807, 2.05) is 0 Å². The van der Waals surface area contributed by atoms with E-state index in [0.29, 0.717) is 11.8 Å². The summed E-state index contributed by atoms with van der Waals surface area (Å²) >= 11 is 6.21. The fourth-order valence-electron chi connectivity index (χ4n) is 2.61. The Balaban J connectivity index is 2.15. The minimum Gasteiger partial charge on any atom is -0.126 e. The van der Waals surface area contributed by atoms with Gasteiger partial charge in [-0.2, -0.15) is 0 Å². The molecule has 2 rings (SSSR count). The van der Waals surface area contributed by atoms with Gasteiger partial charge in [0, 0.05) is 11.8 Å². The Kier molecular flexibility index (Phi) is 5.11. The Hall–Kier alpha value is -1.27. The first-order valence-corrected chi connectivity index (χ1v) is 8.15. The summed E-state index contributed by atoms with van der Waals surface area (Å²) in [5, 5.41) is 0. The molecule has 0 nitrogen and oxygen atoms in total. The van der Waals surface area contributed by atoms with Gasteiger partial charge in [0.15, 0.2) is 0 Å². The lowest BCUT2D eigenvalue weighted by atomic mass is 9.85. The maximum atomic E-state index is 6.21. The first kappa shape index (κ1) is 16.1. The van der Waals surface area contributed by atoms with E-state index < -0.39 is 0 Å². The molecule has 0 aliphatic carbocycles. The standard InChI is InChI=1S/C20H25Cl/c1-15-6-5-7-17(12-15)18(14-21)13-16-8-10-19(11-9-16)20(2,3)4/h5-12,18H,13-14H2,1-4H3. The molecule has 0 N–H and O–H groups in total. The highest BCUT2D eigenvalue weighted by Gasteiger charge is 2.15. The summed E-state index contributed by atoms with van der Waals surface area (Å²) in [7, 11) is 0. The van der Waals surface area contributed by atoms with Crippen molar-refractivity contribution < 1.29 is 0 Å². The van der Waals surface area contributed by atoms with Crippen LogP contribution in [-0.2, 0) is 11.8 Å². The van der Waals surface area contributed by atoms with Crippen LogP contribution in [0.2, 0.25) is 0 Å². The summed E-state index contributed by atoms with van der Waals surface area (Å²) in [5.41, 5.74) is 5.58. The number of rotatable bonds is 4. The molecule has 0 amide bonds. The molecule has 0 saturated heterocycles. The van der Waals surface area contributed by atoms with Gasteiger partial charge in [0.25, 0.3) is 0 Å². The lowest BCUT2D eigenvalue weighted by Crippen LogP contribution is -2.11. The van der Waals surface area contributed by atoms with Gasteiger partial charge in [0.1, 0.15) is 0 Å². The Morgan fingerprint density at radius 3 is 2.19 bits per heavy atom. The van der Waals surface area contributed by atoms with Crippen LogP contribution >= 0.6 is 11.6 Å². The molecule has 2 aromatic carbocycles. The quantitative estimate of drug-likeness (QED) is 0.621. The third-order valence-corrected chi connectivity index (χ3v) is 4.37. The van der Waals surface area contributed by atoms with E-state index in [1.165, 1.54) is 22.3 Å². The van der Waals surface area contributed by atoms with Crippen LogP contribution in [0.3, 0.4) is 0 Å². The lowest BCUT2D eigenvalue weighted by molar-refractivity contribution is 0.589. The first-order valence-electron chi connectivity index (χ1n) is 7.62. The highest BCUT2D eigenvalue weighted by atomic mass is 35.5. The Bertz CT molecular complexity index is 576. The lowest BCUT2D eigenvalue weighted by Gasteiger charge is -2.20. The SMILES string of the molecule is Cc1cccc(C(CCl)Cc2ccc(C(C)(C)C)cc2)c1. The Labute approximate surface area is 134 Å². The van der Waals surface area contributed by atoms with Gasteiger partial charge in [0.05, 0.1) is 0 Å². The average molecular weight is 301 g/mol. The van der Waals surface area contributed by atoms with E-state index in [0.717, 1.165) is 6.42 Å². The molecule has 21 heavy (non-hydrogen) atoms. The molecule has 0 radical (unpaired) electrons. The van der Waals surface area contributed by atoms with Crippen molar-refractivity contribution in [2.75, 3.05) is 5.88 Å². The van der Waals surface area contributed by atoms with E-state index in [4.69, 9.17) is 11.6 Å². The zero-order valence-electron chi connectivity index (χ0n) is 13.5. The minimum atomic E-state index is 0.209. The zero-order valence-corrected chi connectivity index (χ0v) is 14.2. The molecule has 0 bridgehead atoms. The van der Waals surface area contributed by atoms with E-state index in [2.05, 4.69) is 76.2 Å². The molecule has 0 heterocycles. The van der Waals surface area contributed by atoms with Gasteiger partial charge in [-0.1, -0.05) is 74.9 Å². The highest BCUT2D eigenvalue weighted by molar-refractivity contribution is 6.18. The second-order valence-corrected chi connectivity index (χ2v) is 7.23. The van der Waals surface area contributed by atoms with Gasteiger partial charge in [-0.05, 0) is 35.4 Å². The van der Waals surface area contributed by atoms with Crippen molar-refractivity contribution in [3.8, 4) is 0 Å². The number of benzene rings is 2. The molecule has 1 atom stereocenters. The summed E-state index contributed by atoms with van der Waals surface area (Å²) in [6.07, 6.45) is 0.997. The van der Waals surface area contributed by atoms with Gasteiger partial charge < -0.3 is 0 Å². The first-order chi connectivity index (χ1) is 9.90. The van der Waals surface area contributed by atoms with Crippen molar-refractivity contribution >= 4 is 11.6 Å². The van der Waals surface area contributed by atoms with Gasteiger partial charge in [0.2, 0.25) is 0 Å². The van der Waals surface area contributed by atoms with Crippen LogP contribution in [0, 0.1) is 6.92 Å². The van der Waals surface area contributed by atoms with Crippen LogP contribution in [0.15, 0.2) is 48.5 Å². The molecule has 1 unspecified atom stereocenters. The third-order valence-electron chi connectivity index (χ3n) is 4.00. The molecular weight excluding hydrogens is 276 g/mol. The van der Waals surface area contributed by atoms with E-state index >= 15 is 0 Å². The molecule has 1 heteroatoms. The van der Waals surface area contributed by atoms with Gasteiger partial charge >= 0.3 is 0 Å². The van der Waals surface area contributed by atoms with Gasteiger partial charge in [-0.3, -0.25) is 0 Å². The van der Waals surface area contributed by atoms with Crippen molar-refractivity contribution in [1.29, 1.82) is 0 Å². The van der Waals surface area contributed by atoms with Crippen molar-refractivity contribution in [3.63, 3.8) is 0 Å². The fourth-order valence-corrected chi connectivity index (χ4v) is 2.90. The molecule has 0 saturated carbocycles. The van der Waals surface area contributed by atoms with Crippen LogP contribution in [0.4, 0.5) is 0 Å². The monoisotopic (exact) mass is 300 g/mol. The summed E-state index contributed by atoms with van der Waals surface area (Å²) in [6.45, 7) is 8.87. The number of hydrogen-bond donors (Lipinski definition) is 0. The normalized spacial score (nSPS) is 13.2. The number of halogens is 1. The highest BCUT2D eigenvalue weighted by Crippen LogP contribution is 2.26. The van der Waals surface area contributed by atoms with Gasteiger partial charge in [-0.15, -0.1) is 11.6 Å². The van der Waals surface area contributed by atoms with Crippen molar-refractivity contribution in [3.05, 3.63) is 70.8 Å². The fraction of sp³-hybridized carbons (Fsp3) is 0.400. The van der Waals surface area contributed by atoms with Crippen molar-refractivity contribution in [2.24, 2.45) is 0 Å². The van der Waals surface area contributed by atoms with Crippen LogP contribution < -0.4 is 0 Å². The third kappa shape index (κ3) is 4.35. The van der Waals surface area contributed by atoms with E-state index in [9.17, 15) is 0 Å². The summed E-state index contributed by atoms with van der Waals surface area (Å²) in [5.74, 6) is 1.04. The van der Waals surface area contributed by atoms with E-state index in [-0.39, 0.29) is 5.41 Å². The molecule has 0 fully saturated rings. The second kappa shape index (κ2) is 6.66. The van der Waals surface area contributed by atoms with Gasteiger partial charge in [-0.25, -0.2) is 0 Å². The zero-order chi connectivity index (χ0) is 15.5. The maximum Gasteiger partial charge on any atom is 0.0295 e. The van der Waals surface area contributed by atoms with Crippen LogP contribution in [-0.4, -0.2) is 5.88 Å². The van der Waals surface area contributed by atoms with Crippen LogP contribution in [0.1, 0.15) is 48.9 Å². The average Bonchev–Trinajstić information content (AvgIpc) is 2.44. The molecule has 2 aromatic rings. The topological polar surface area (TPSA) is 0 Å². The smallest absolute Gasteiger partial charge is 0.0295 e. The number of aryl methyl sites for hydroxylation is 1. The molecule has 0 spiro atoms. The number of alkyl halides is 1. The summed E-state index contributed by atoms with van der Waals surface area (Å²) in [6, 6.07) is 17.7. The van der Waals surface area contributed by atoms with Crippen molar-refractivity contribution in [1.82, 2.24) is 0 Å². The summed E-state index contributed by atoms with van der Waals surface area (Å²) in [4.78, 5) is 0. The largest absolute Gasteiger partial charge is 0.126 e. The minimum absolute atomic E-state index is 0.209. The molecule has 0 aliphatic rings. The molecule has 0 aliphatic heterocycles. The molecule has 112 valence electrons. The Morgan fingerprint density at radius 1 is 1.00 bits per heavy atom. The maximum absolute atomic E-state index is 6.21. The van der Waals surface area contributed by atoms with E-state index in [1.54, 1.807) is 0 Å². The van der Waals surface area contributed by atoms with Crippen molar-refractivity contribution in [2.45, 2.75) is 45.4 Å². The molecule has 0 aromatic heterocycles. The van der Waals surface area contributed by atoms with Crippen LogP contribution in [0.5, 0.6) is 0 Å². The second-order valence-electron chi connectivity index (χ2n) is 6.92. The predicted octanol–water partition coefficient (Wildman–Crippen LogP) is 5.86.